The fourth-order valence-corrected chi connectivity index (χ4v) is 14.8. The summed E-state index contributed by atoms with van der Waals surface area (Å²) in [5.74, 6) is 0. The summed E-state index contributed by atoms with van der Waals surface area (Å²) in [5.41, 5.74) is 29.1. The van der Waals surface area contributed by atoms with Crippen LogP contribution >= 0.6 is 0 Å². The highest BCUT2D eigenvalue weighted by Crippen LogP contribution is 2.66. The average molecular weight is 963 g/mol. The largest absolute Gasteiger partial charge is 0.309 e. The molecule has 4 aliphatic rings. The topological polar surface area (TPSA) is 8.17 Å². The minimum Gasteiger partial charge on any atom is -0.309 e. The van der Waals surface area contributed by atoms with E-state index in [1.54, 1.807) is 0 Å². The summed E-state index contributed by atoms with van der Waals surface area (Å²) < 4.78 is 2.53. The molecule has 0 bridgehead atoms. The van der Waals surface area contributed by atoms with E-state index in [0.717, 1.165) is 22.6 Å². The van der Waals surface area contributed by atoms with Crippen molar-refractivity contribution >= 4 is 38.9 Å². The first kappa shape index (κ1) is 41.7. The summed E-state index contributed by atoms with van der Waals surface area (Å²) in [7, 11) is 0. The standard InChI is InChI=1S/C74H46N2/c1-2-20-47(21-3-1)48-40-43-50(44-41-48)75(70-39-19-34-64-71(70)58-27-7-13-32-62(58)73(64)59-29-10-4-23-52(59)53-24-5-11-30-60(53)73)67-36-15-8-22-51(67)49-42-45-55-54-25-6-12-31-61(54)74(66(55)46-49)63-33-14-17-38-69(63)76-68-37-16-9-26-56(68)57-28-18-35-65(74)72(57)76/h1-46H. The highest BCUT2D eigenvalue weighted by atomic mass is 15.1. The van der Waals surface area contributed by atoms with Crippen molar-refractivity contribution < 1.29 is 0 Å². The average Bonchev–Trinajstić information content (AvgIpc) is 4.39. The summed E-state index contributed by atoms with van der Waals surface area (Å²) in [5, 5.41) is 2.56. The SMILES string of the molecule is c1ccc(-c2ccc(N(c3ccccc3-c3ccc4c(c3)C3(c5ccccc5-4)c4ccccc4-n4c5ccccc5c5cccc3c54)c3cccc4c3-c3ccccc3C43c4ccccc4-c4ccccc43)cc2)cc1. The van der Waals surface area contributed by atoms with Crippen molar-refractivity contribution in [3.8, 4) is 61.3 Å². The minimum atomic E-state index is -0.573. The predicted molar refractivity (Wildman–Crippen MR) is 313 cm³/mol. The monoisotopic (exact) mass is 962 g/mol. The zero-order valence-electron chi connectivity index (χ0n) is 41.5. The van der Waals surface area contributed by atoms with Crippen LogP contribution in [0.3, 0.4) is 0 Å². The van der Waals surface area contributed by atoms with Crippen molar-refractivity contribution in [3.05, 3.63) is 324 Å². The van der Waals surface area contributed by atoms with E-state index in [1.165, 1.54) is 122 Å². The molecule has 13 aromatic rings. The summed E-state index contributed by atoms with van der Waals surface area (Å²) in [4.78, 5) is 2.55. The molecule has 12 aromatic carbocycles. The minimum absolute atomic E-state index is 0.481. The third-order valence-electron chi connectivity index (χ3n) is 17.6. The molecule has 0 saturated heterocycles. The van der Waals surface area contributed by atoms with Gasteiger partial charge in [-0.25, -0.2) is 0 Å². The predicted octanol–water partition coefficient (Wildman–Crippen LogP) is 18.6. The Labute approximate surface area is 441 Å². The molecule has 1 atom stereocenters. The third-order valence-corrected chi connectivity index (χ3v) is 17.6. The molecule has 0 saturated carbocycles. The highest BCUT2D eigenvalue weighted by Gasteiger charge is 2.53. The normalized spacial score (nSPS) is 15.3. The zero-order valence-corrected chi connectivity index (χ0v) is 41.5. The van der Waals surface area contributed by atoms with Crippen molar-refractivity contribution in [1.82, 2.24) is 4.57 Å². The van der Waals surface area contributed by atoms with Crippen LogP contribution in [-0.2, 0) is 10.8 Å². The molecule has 76 heavy (non-hydrogen) atoms. The second-order valence-electron chi connectivity index (χ2n) is 21.0. The molecular formula is C74H46N2. The molecule has 2 nitrogen and oxygen atoms in total. The Morgan fingerprint density at radius 1 is 0.276 bits per heavy atom. The number of hydrogen-bond donors (Lipinski definition) is 0. The first-order valence-corrected chi connectivity index (χ1v) is 26.6. The van der Waals surface area contributed by atoms with Gasteiger partial charge in [0.05, 0.1) is 38.9 Å². The van der Waals surface area contributed by atoms with Gasteiger partial charge >= 0.3 is 0 Å². The van der Waals surface area contributed by atoms with E-state index in [2.05, 4.69) is 289 Å². The molecule has 2 spiro atoms. The quantitative estimate of drug-likeness (QED) is 0.167. The van der Waals surface area contributed by atoms with E-state index in [0.29, 0.717) is 0 Å². The van der Waals surface area contributed by atoms with Crippen molar-refractivity contribution in [3.63, 3.8) is 0 Å². The molecule has 352 valence electrons. The smallest absolute Gasteiger partial charge is 0.0754 e. The maximum atomic E-state index is 2.55. The lowest BCUT2D eigenvalue weighted by Crippen LogP contribution is -2.33. The second kappa shape index (κ2) is 15.4. The van der Waals surface area contributed by atoms with Crippen LogP contribution in [0.15, 0.2) is 279 Å². The number of benzene rings is 12. The molecule has 1 unspecified atom stereocenters. The lowest BCUT2D eigenvalue weighted by atomic mass is 9.65. The molecular weight excluding hydrogens is 917 g/mol. The zero-order chi connectivity index (χ0) is 49.7. The highest BCUT2D eigenvalue weighted by molar-refractivity contribution is 6.13. The van der Waals surface area contributed by atoms with E-state index in [-0.39, 0.29) is 0 Å². The summed E-state index contributed by atoms with van der Waals surface area (Å²) in [6.07, 6.45) is 0. The Balaban J connectivity index is 0.929. The first-order valence-electron chi connectivity index (χ1n) is 26.6. The molecule has 1 aromatic heterocycles. The maximum Gasteiger partial charge on any atom is 0.0754 e. The van der Waals surface area contributed by atoms with Crippen LogP contribution in [-0.4, -0.2) is 4.57 Å². The van der Waals surface area contributed by atoms with Gasteiger partial charge in [0.1, 0.15) is 0 Å². The second-order valence-corrected chi connectivity index (χ2v) is 21.0. The molecule has 3 aliphatic carbocycles. The number of nitrogens with zero attached hydrogens (tertiary/aromatic N) is 2. The van der Waals surface area contributed by atoms with Crippen LogP contribution < -0.4 is 4.90 Å². The van der Waals surface area contributed by atoms with Crippen LogP contribution in [0.2, 0.25) is 0 Å². The Bertz CT molecular complexity index is 4550. The Morgan fingerprint density at radius 2 is 0.750 bits per heavy atom. The van der Waals surface area contributed by atoms with Gasteiger partial charge in [-0.1, -0.05) is 237 Å². The number of rotatable bonds is 5. The first-order chi connectivity index (χ1) is 37.7. The third kappa shape index (κ3) is 5.20. The lowest BCUT2D eigenvalue weighted by molar-refractivity contribution is 0.749. The van der Waals surface area contributed by atoms with Gasteiger partial charge in [0.2, 0.25) is 0 Å². The van der Waals surface area contributed by atoms with E-state index in [9.17, 15) is 0 Å². The van der Waals surface area contributed by atoms with Crippen molar-refractivity contribution in [2.24, 2.45) is 0 Å². The van der Waals surface area contributed by atoms with Gasteiger partial charge in [-0.3, -0.25) is 0 Å². The fraction of sp³-hybridized carbons (Fsp3) is 0.0270. The summed E-state index contributed by atoms with van der Waals surface area (Å²) >= 11 is 0. The van der Waals surface area contributed by atoms with Gasteiger partial charge in [0.25, 0.3) is 0 Å². The van der Waals surface area contributed by atoms with Crippen LogP contribution in [0.4, 0.5) is 17.1 Å². The number of aromatic nitrogens is 1. The summed E-state index contributed by atoms with van der Waals surface area (Å²) in [6.45, 7) is 0. The summed E-state index contributed by atoms with van der Waals surface area (Å²) in [6, 6.07) is 105. The van der Waals surface area contributed by atoms with Gasteiger partial charge in [-0.15, -0.1) is 0 Å². The fourth-order valence-electron chi connectivity index (χ4n) is 14.8. The van der Waals surface area contributed by atoms with Crippen LogP contribution in [0.25, 0.3) is 83.1 Å². The van der Waals surface area contributed by atoms with E-state index < -0.39 is 10.8 Å². The molecule has 2 heteroatoms. The van der Waals surface area contributed by atoms with Gasteiger partial charge in [0, 0.05) is 27.6 Å². The number of fused-ring (bicyclic) bond motifs is 22. The van der Waals surface area contributed by atoms with Crippen molar-refractivity contribution in [1.29, 1.82) is 0 Å². The van der Waals surface area contributed by atoms with E-state index in [4.69, 9.17) is 0 Å². The van der Waals surface area contributed by atoms with Gasteiger partial charge in [0.15, 0.2) is 0 Å². The molecule has 0 amide bonds. The molecule has 17 rings (SSSR count). The molecule has 0 N–H and O–H groups in total. The van der Waals surface area contributed by atoms with Gasteiger partial charge in [-0.05, 0) is 131 Å². The van der Waals surface area contributed by atoms with E-state index in [1.807, 2.05) is 0 Å². The Morgan fingerprint density at radius 3 is 1.47 bits per heavy atom. The van der Waals surface area contributed by atoms with Gasteiger partial charge in [-0.2, -0.15) is 0 Å². The van der Waals surface area contributed by atoms with Crippen LogP contribution in [0, 0.1) is 0 Å². The number of anilines is 3. The molecule has 1 aliphatic heterocycles. The molecule has 0 fully saturated rings. The Hall–Kier alpha value is -9.76. The van der Waals surface area contributed by atoms with Crippen LogP contribution in [0.1, 0.15) is 44.5 Å². The Kier molecular flexibility index (Phi) is 8.44. The number of para-hydroxylation sites is 4. The number of hydrogen-bond acceptors (Lipinski definition) is 1. The molecule has 0 radical (unpaired) electrons. The van der Waals surface area contributed by atoms with Gasteiger partial charge < -0.3 is 9.47 Å². The van der Waals surface area contributed by atoms with E-state index >= 15 is 0 Å². The molecule has 2 heterocycles. The maximum absolute atomic E-state index is 2.55. The lowest BCUT2D eigenvalue weighted by Gasteiger charge is -2.39. The van der Waals surface area contributed by atoms with Crippen molar-refractivity contribution in [2.45, 2.75) is 10.8 Å². The van der Waals surface area contributed by atoms with Crippen LogP contribution in [0.5, 0.6) is 0 Å². The van der Waals surface area contributed by atoms with Crippen molar-refractivity contribution in [2.75, 3.05) is 4.90 Å².